The number of carbonyl (C=O) groups excluding carboxylic acids is 1. The summed E-state index contributed by atoms with van der Waals surface area (Å²) in [6.45, 7) is 4.10. The van der Waals surface area contributed by atoms with Gasteiger partial charge in [0, 0.05) is 25.2 Å². The molecule has 2 heterocycles. The van der Waals surface area contributed by atoms with Gasteiger partial charge in [0.15, 0.2) is 0 Å². The lowest BCUT2D eigenvalue weighted by Gasteiger charge is -2.30. The van der Waals surface area contributed by atoms with Crippen LogP contribution in [0.4, 0.5) is 0 Å². The first-order valence-electron chi connectivity index (χ1n) is 9.51. The monoisotopic (exact) mass is 393 g/mol. The van der Waals surface area contributed by atoms with E-state index in [1.54, 1.807) is 0 Å². The maximum Gasteiger partial charge on any atom is 0.247 e. The first-order chi connectivity index (χ1) is 14.1. The first kappa shape index (κ1) is 19.2. The Morgan fingerprint density at radius 2 is 2.00 bits per heavy atom. The standard InChI is InChI=1S/C22H23N3O4/c1-15-19(13-25-10-11-27-20(14-25)21(23)26)24-22(28-15)16-6-5-9-18(12-16)29-17-7-3-2-4-8-17/h2-9,12,20H,10-11,13-14H2,1H3,(H2,23,26)/t20-/m1/s1. The van der Waals surface area contributed by atoms with Crippen molar-refractivity contribution in [2.75, 3.05) is 19.7 Å². The van der Waals surface area contributed by atoms with Crippen LogP contribution in [0.25, 0.3) is 11.5 Å². The summed E-state index contributed by atoms with van der Waals surface area (Å²) >= 11 is 0. The Morgan fingerprint density at radius 3 is 2.79 bits per heavy atom. The molecule has 0 bridgehead atoms. The van der Waals surface area contributed by atoms with Crippen LogP contribution in [-0.2, 0) is 16.1 Å². The number of hydrogen-bond acceptors (Lipinski definition) is 6. The summed E-state index contributed by atoms with van der Waals surface area (Å²) in [7, 11) is 0. The predicted molar refractivity (Wildman–Crippen MR) is 107 cm³/mol. The van der Waals surface area contributed by atoms with Crippen molar-refractivity contribution in [3.05, 3.63) is 66.1 Å². The zero-order chi connectivity index (χ0) is 20.2. The van der Waals surface area contributed by atoms with Crippen LogP contribution in [0, 0.1) is 6.92 Å². The van der Waals surface area contributed by atoms with Crippen molar-refractivity contribution in [1.82, 2.24) is 9.88 Å². The van der Waals surface area contributed by atoms with Crippen molar-refractivity contribution in [3.8, 4) is 23.0 Å². The zero-order valence-electron chi connectivity index (χ0n) is 16.2. The molecule has 7 heteroatoms. The van der Waals surface area contributed by atoms with Gasteiger partial charge in [-0.3, -0.25) is 9.69 Å². The average molecular weight is 393 g/mol. The molecule has 2 N–H and O–H groups in total. The predicted octanol–water partition coefficient (Wildman–Crippen LogP) is 3.13. The van der Waals surface area contributed by atoms with E-state index in [9.17, 15) is 4.79 Å². The number of benzene rings is 2. The quantitative estimate of drug-likeness (QED) is 0.692. The second-order valence-corrected chi connectivity index (χ2v) is 6.96. The van der Waals surface area contributed by atoms with Crippen LogP contribution in [0.5, 0.6) is 11.5 Å². The van der Waals surface area contributed by atoms with E-state index in [0.717, 1.165) is 22.8 Å². The van der Waals surface area contributed by atoms with Gasteiger partial charge in [0.2, 0.25) is 11.8 Å². The van der Waals surface area contributed by atoms with Gasteiger partial charge in [0.1, 0.15) is 23.4 Å². The fraction of sp³-hybridized carbons (Fsp3) is 0.273. The Kier molecular flexibility index (Phi) is 5.59. The minimum Gasteiger partial charge on any atom is -0.457 e. The number of ether oxygens (including phenoxy) is 2. The molecule has 0 unspecified atom stereocenters. The van der Waals surface area contributed by atoms with Crippen molar-refractivity contribution in [3.63, 3.8) is 0 Å². The number of oxazole rings is 1. The van der Waals surface area contributed by atoms with E-state index in [1.807, 2.05) is 61.5 Å². The average Bonchev–Trinajstić information content (AvgIpc) is 3.09. The second kappa shape index (κ2) is 8.46. The highest BCUT2D eigenvalue weighted by molar-refractivity contribution is 5.79. The number of hydrogen-bond donors (Lipinski definition) is 1. The topological polar surface area (TPSA) is 90.8 Å². The molecule has 29 heavy (non-hydrogen) atoms. The maximum atomic E-state index is 11.4. The number of morpholine rings is 1. The number of amides is 1. The van der Waals surface area contributed by atoms with Gasteiger partial charge < -0.3 is 19.6 Å². The molecule has 150 valence electrons. The number of nitrogens with zero attached hydrogens (tertiary/aromatic N) is 2. The van der Waals surface area contributed by atoms with Crippen LogP contribution < -0.4 is 10.5 Å². The van der Waals surface area contributed by atoms with E-state index in [1.165, 1.54) is 0 Å². The van der Waals surface area contributed by atoms with Gasteiger partial charge in [0.05, 0.1) is 12.3 Å². The lowest BCUT2D eigenvalue weighted by Crippen LogP contribution is -2.48. The van der Waals surface area contributed by atoms with Crippen molar-refractivity contribution in [1.29, 1.82) is 0 Å². The van der Waals surface area contributed by atoms with Gasteiger partial charge in [-0.1, -0.05) is 24.3 Å². The molecule has 1 saturated heterocycles. The molecule has 7 nitrogen and oxygen atoms in total. The zero-order valence-corrected chi connectivity index (χ0v) is 16.2. The molecule has 0 saturated carbocycles. The van der Waals surface area contributed by atoms with Gasteiger partial charge in [0.25, 0.3) is 0 Å². The molecule has 2 aromatic carbocycles. The van der Waals surface area contributed by atoms with Gasteiger partial charge in [-0.05, 0) is 37.3 Å². The molecule has 1 aliphatic heterocycles. The number of para-hydroxylation sites is 1. The third-order valence-electron chi connectivity index (χ3n) is 4.79. The maximum absolute atomic E-state index is 11.4. The largest absolute Gasteiger partial charge is 0.457 e. The minimum absolute atomic E-state index is 0.442. The second-order valence-electron chi connectivity index (χ2n) is 6.96. The van der Waals surface area contributed by atoms with Crippen LogP contribution in [0.2, 0.25) is 0 Å². The molecular formula is C22H23N3O4. The number of aromatic nitrogens is 1. The molecule has 0 spiro atoms. The summed E-state index contributed by atoms with van der Waals surface area (Å²) in [4.78, 5) is 18.2. The summed E-state index contributed by atoms with van der Waals surface area (Å²) in [5, 5.41) is 0. The Balaban J connectivity index is 1.49. The normalized spacial score (nSPS) is 17.2. The molecule has 1 amide bonds. The molecule has 0 radical (unpaired) electrons. The van der Waals surface area contributed by atoms with E-state index in [-0.39, 0.29) is 0 Å². The summed E-state index contributed by atoms with van der Waals surface area (Å²) in [5.74, 6) is 2.32. The third kappa shape index (κ3) is 4.64. The van der Waals surface area contributed by atoms with Crippen molar-refractivity contribution >= 4 is 5.91 Å². The minimum atomic E-state index is -0.581. The Bertz CT molecular complexity index is 987. The fourth-order valence-corrected chi connectivity index (χ4v) is 3.25. The molecule has 1 aromatic heterocycles. The van der Waals surface area contributed by atoms with Crippen LogP contribution >= 0.6 is 0 Å². The summed E-state index contributed by atoms with van der Waals surface area (Å²) < 4.78 is 17.2. The van der Waals surface area contributed by atoms with E-state index in [2.05, 4.69) is 9.88 Å². The van der Waals surface area contributed by atoms with E-state index < -0.39 is 12.0 Å². The number of nitrogens with two attached hydrogens (primary N) is 1. The summed E-state index contributed by atoms with van der Waals surface area (Å²) in [6.07, 6.45) is -0.581. The first-order valence-corrected chi connectivity index (χ1v) is 9.51. The van der Waals surface area contributed by atoms with Gasteiger partial charge in [-0.25, -0.2) is 4.98 Å². The van der Waals surface area contributed by atoms with Crippen LogP contribution in [-0.4, -0.2) is 41.6 Å². The van der Waals surface area contributed by atoms with Gasteiger partial charge >= 0.3 is 0 Å². The van der Waals surface area contributed by atoms with Gasteiger partial charge in [-0.2, -0.15) is 0 Å². The summed E-state index contributed by atoms with van der Waals surface area (Å²) in [6, 6.07) is 17.3. The summed E-state index contributed by atoms with van der Waals surface area (Å²) in [5.41, 5.74) is 7.04. The highest BCUT2D eigenvalue weighted by Crippen LogP contribution is 2.28. The van der Waals surface area contributed by atoms with Crippen molar-refractivity contribution < 1.29 is 18.7 Å². The molecule has 1 atom stereocenters. The molecule has 3 aromatic rings. The van der Waals surface area contributed by atoms with Crippen molar-refractivity contribution in [2.45, 2.75) is 19.6 Å². The van der Waals surface area contributed by atoms with E-state index >= 15 is 0 Å². The van der Waals surface area contributed by atoms with Crippen LogP contribution in [0.15, 0.2) is 59.0 Å². The molecule has 1 aliphatic rings. The molecular weight excluding hydrogens is 370 g/mol. The third-order valence-corrected chi connectivity index (χ3v) is 4.79. The van der Waals surface area contributed by atoms with Crippen molar-refractivity contribution in [2.24, 2.45) is 5.73 Å². The van der Waals surface area contributed by atoms with Crippen LogP contribution in [0.1, 0.15) is 11.5 Å². The number of aryl methyl sites for hydroxylation is 1. The lowest BCUT2D eigenvalue weighted by atomic mass is 10.2. The number of rotatable bonds is 6. The number of primary amides is 1. The molecule has 4 rings (SSSR count). The highest BCUT2D eigenvalue weighted by atomic mass is 16.5. The fourth-order valence-electron chi connectivity index (χ4n) is 3.25. The Hall–Kier alpha value is -3.16. The van der Waals surface area contributed by atoms with E-state index in [4.69, 9.17) is 19.6 Å². The Morgan fingerprint density at radius 1 is 1.21 bits per heavy atom. The van der Waals surface area contributed by atoms with Crippen LogP contribution in [0.3, 0.4) is 0 Å². The van der Waals surface area contributed by atoms with Gasteiger partial charge in [-0.15, -0.1) is 0 Å². The SMILES string of the molecule is Cc1oc(-c2cccc(Oc3ccccc3)c2)nc1CN1CCO[C@@H](C(N)=O)C1. The number of carbonyl (C=O) groups is 1. The van der Waals surface area contributed by atoms with E-state index in [0.29, 0.717) is 37.9 Å². The highest BCUT2D eigenvalue weighted by Gasteiger charge is 2.26. The molecule has 1 fully saturated rings. The Labute approximate surface area is 169 Å². The molecule has 0 aliphatic carbocycles. The smallest absolute Gasteiger partial charge is 0.247 e. The lowest BCUT2D eigenvalue weighted by molar-refractivity contribution is -0.135.